The van der Waals surface area contributed by atoms with Gasteiger partial charge in [0.1, 0.15) is 11.9 Å². The molecule has 0 aliphatic heterocycles. The lowest BCUT2D eigenvalue weighted by Gasteiger charge is -2.20. The molecular formula is C21H22N4O4. The van der Waals surface area contributed by atoms with Gasteiger partial charge in [0.15, 0.2) is 0 Å². The Morgan fingerprint density at radius 2 is 1.83 bits per heavy atom. The zero-order valence-electron chi connectivity index (χ0n) is 16.2. The SMILES string of the molecule is COc1ccc(C(NC(=O)CCn2cc([N+](=O)[O-])nc2C)c2ccccc2)cc1. The minimum Gasteiger partial charge on any atom is -0.497 e. The molecule has 0 saturated heterocycles. The summed E-state index contributed by atoms with van der Waals surface area (Å²) in [6.45, 7) is 1.98. The van der Waals surface area contributed by atoms with E-state index in [-0.39, 0.29) is 24.2 Å². The zero-order chi connectivity index (χ0) is 20.8. The lowest BCUT2D eigenvalue weighted by molar-refractivity contribution is -0.389. The monoisotopic (exact) mass is 394 g/mol. The number of nitro groups is 1. The fourth-order valence-corrected chi connectivity index (χ4v) is 3.06. The zero-order valence-corrected chi connectivity index (χ0v) is 16.2. The smallest absolute Gasteiger partial charge is 0.381 e. The first kappa shape index (κ1) is 20.1. The van der Waals surface area contributed by atoms with E-state index in [1.54, 1.807) is 18.6 Å². The highest BCUT2D eigenvalue weighted by atomic mass is 16.6. The van der Waals surface area contributed by atoms with Crippen LogP contribution < -0.4 is 10.1 Å². The first-order chi connectivity index (χ1) is 14.0. The van der Waals surface area contributed by atoms with Crippen molar-refractivity contribution >= 4 is 11.7 Å². The lowest BCUT2D eigenvalue weighted by atomic mass is 9.98. The number of benzene rings is 2. The number of aryl methyl sites for hydroxylation is 2. The van der Waals surface area contributed by atoms with Crippen LogP contribution in [0, 0.1) is 17.0 Å². The Balaban J connectivity index is 1.73. The minimum absolute atomic E-state index is 0.162. The van der Waals surface area contributed by atoms with Gasteiger partial charge in [-0.25, -0.2) is 0 Å². The summed E-state index contributed by atoms with van der Waals surface area (Å²) in [6.07, 6.45) is 1.52. The Bertz CT molecular complexity index is 984. The molecule has 1 N–H and O–H groups in total. The summed E-state index contributed by atoms with van der Waals surface area (Å²) in [5.74, 6) is 0.858. The molecule has 0 saturated carbocycles. The van der Waals surface area contributed by atoms with Crippen molar-refractivity contribution in [1.82, 2.24) is 14.9 Å². The highest BCUT2D eigenvalue weighted by Crippen LogP contribution is 2.24. The molecule has 8 heteroatoms. The van der Waals surface area contributed by atoms with Crippen LogP contribution in [0.3, 0.4) is 0 Å². The number of carbonyl (C=O) groups excluding carboxylic acids is 1. The van der Waals surface area contributed by atoms with Gasteiger partial charge in [-0.3, -0.25) is 4.79 Å². The Kier molecular flexibility index (Phi) is 6.23. The Labute approximate surface area is 168 Å². The number of rotatable bonds is 8. The fraction of sp³-hybridized carbons (Fsp3) is 0.238. The quantitative estimate of drug-likeness (QED) is 0.466. The molecule has 150 valence electrons. The third-order valence-electron chi connectivity index (χ3n) is 4.62. The average molecular weight is 394 g/mol. The van der Waals surface area contributed by atoms with Gasteiger partial charge in [-0.05, 0) is 33.2 Å². The molecule has 0 fully saturated rings. The third kappa shape index (κ3) is 4.98. The highest BCUT2D eigenvalue weighted by molar-refractivity contribution is 5.77. The van der Waals surface area contributed by atoms with Crippen LogP contribution in [0.2, 0.25) is 0 Å². The molecule has 8 nitrogen and oxygen atoms in total. The highest BCUT2D eigenvalue weighted by Gasteiger charge is 2.19. The summed E-state index contributed by atoms with van der Waals surface area (Å²) in [4.78, 5) is 26.8. The van der Waals surface area contributed by atoms with Crippen LogP contribution in [-0.4, -0.2) is 27.5 Å². The second kappa shape index (κ2) is 9.01. The van der Waals surface area contributed by atoms with Gasteiger partial charge >= 0.3 is 5.82 Å². The van der Waals surface area contributed by atoms with E-state index in [4.69, 9.17) is 4.74 Å². The summed E-state index contributed by atoms with van der Waals surface area (Å²) in [5.41, 5.74) is 1.89. The Hall–Kier alpha value is -3.68. The topological polar surface area (TPSA) is 99.3 Å². The van der Waals surface area contributed by atoms with E-state index in [0.29, 0.717) is 12.4 Å². The molecule has 0 aliphatic carbocycles. The molecule has 1 atom stereocenters. The van der Waals surface area contributed by atoms with Crippen molar-refractivity contribution in [3.05, 3.63) is 87.9 Å². The van der Waals surface area contributed by atoms with Gasteiger partial charge in [0.2, 0.25) is 11.7 Å². The molecular weight excluding hydrogens is 372 g/mol. The van der Waals surface area contributed by atoms with Crippen LogP contribution in [0.1, 0.15) is 29.4 Å². The molecule has 1 heterocycles. The van der Waals surface area contributed by atoms with Crippen molar-refractivity contribution < 1.29 is 14.5 Å². The van der Waals surface area contributed by atoms with Gasteiger partial charge in [-0.15, -0.1) is 0 Å². The van der Waals surface area contributed by atoms with Crippen molar-refractivity contribution in [2.75, 3.05) is 7.11 Å². The van der Waals surface area contributed by atoms with Crippen LogP contribution in [0.4, 0.5) is 5.82 Å². The van der Waals surface area contributed by atoms with E-state index in [9.17, 15) is 14.9 Å². The van der Waals surface area contributed by atoms with E-state index in [2.05, 4.69) is 10.3 Å². The number of imidazole rings is 1. The van der Waals surface area contributed by atoms with Gasteiger partial charge in [0.05, 0.1) is 13.2 Å². The van der Waals surface area contributed by atoms with Crippen molar-refractivity contribution in [2.45, 2.75) is 25.9 Å². The number of hydrogen-bond donors (Lipinski definition) is 1. The lowest BCUT2D eigenvalue weighted by Crippen LogP contribution is -2.30. The molecule has 3 aromatic rings. The van der Waals surface area contributed by atoms with Crippen molar-refractivity contribution in [2.24, 2.45) is 0 Å². The summed E-state index contributed by atoms with van der Waals surface area (Å²) < 4.78 is 6.82. The molecule has 1 aromatic heterocycles. The van der Waals surface area contributed by atoms with Crippen molar-refractivity contribution in [1.29, 1.82) is 0 Å². The van der Waals surface area contributed by atoms with Gasteiger partial charge < -0.3 is 24.7 Å². The van der Waals surface area contributed by atoms with Crippen LogP contribution in [0.15, 0.2) is 60.8 Å². The van der Waals surface area contributed by atoms with Crippen LogP contribution in [0.5, 0.6) is 5.75 Å². The second-order valence-electron chi connectivity index (χ2n) is 6.53. The molecule has 1 unspecified atom stereocenters. The molecule has 0 spiro atoms. The van der Waals surface area contributed by atoms with Gasteiger partial charge in [0, 0.05) is 19.9 Å². The molecule has 29 heavy (non-hydrogen) atoms. The summed E-state index contributed by atoms with van der Waals surface area (Å²) in [6, 6.07) is 16.9. The average Bonchev–Trinajstić information content (AvgIpc) is 3.12. The van der Waals surface area contributed by atoms with E-state index in [1.165, 1.54) is 6.20 Å². The second-order valence-corrected chi connectivity index (χ2v) is 6.53. The molecule has 2 aromatic carbocycles. The fourth-order valence-electron chi connectivity index (χ4n) is 3.06. The molecule has 0 aliphatic rings. The number of aromatic nitrogens is 2. The van der Waals surface area contributed by atoms with Crippen LogP contribution in [0.25, 0.3) is 0 Å². The van der Waals surface area contributed by atoms with E-state index >= 15 is 0 Å². The first-order valence-corrected chi connectivity index (χ1v) is 9.14. The largest absolute Gasteiger partial charge is 0.497 e. The number of methoxy groups -OCH3 is 1. The molecule has 1 amide bonds. The predicted molar refractivity (Wildman–Crippen MR) is 108 cm³/mol. The standard InChI is InChI=1S/C21H22N4O4/c1-15-22-19(25(27)28)14-24(15)13-12-20(26)23-21(16-6-4-3-5-7-16)17-8-10-18(29-2)11-9-17/h3-11,14,21H,12-13H2,1-2H3,(H,23,26). The number of amides is 1. The summed E-state index contributed by atoms with van der Waals surface area (Å²) in [5, 5.41) is 13.9. The summed E-state index contributed by atoms with van der Waals surface area (Å²) >= 11 is 0. The number of nitrogens with zero attached hydrogens (tertiary/aromatic N) is 3. The maximum Gasteiger partial charge on any atom is 0.381 e. The van der Waals surface area contributed by atoms with Crippen LogP contribution in [-0.2, 0) is 11.3 Å². The van der Waals surface area contributed by atoms with Gasteiger partial charge in [0.25, 0.3) is 0 Å². The molecule has 3 rings (SSSR count). The number of hydrogen-bond acceptors (Lipinski definition) is 5. The first-order valence-electron chi connectivity index (χ1n) is 9.14. The number of carbonyl (C=O) groups is 1. The number of ether oxygens (including phenoxy) is 1. The normalized spacial score (nSPS) is 11.7. The van der Waals surface area contributed by atoms with Crippen molar-refractivity contribution in [3.8, 4) is 5.75 Å². The van der Waals surface area contributed by atoms with E-state index < -0.39 is 4.92 Å². The van der Waals surface area contributed by atoms with Crippen LogP contribution >= 0.6 is 0 Å². The number of nitrogens with one attached hydrogen (secondary N) is 1. The Morgan fingerprint density at radius 1 is 1.17 bits per heavy atom. The molecule has 0 radical (unpaired) electrons. The van der Waals surface area contributed by atoms with Crippen molar-refractivity contribution in [3.63, 3.8) is 0 Å². The summed E-state index contributed by atoms with van der Waals surface area (Å²) in [7, 11) is 1.61. The third-order valence-corrected chi connectivity index (χ3v) is 4.62. The Morgan fingerprint density at radius 3 is 2.41 bits per heavy atom. The van der Waals surface area contributed by atoms with E-state index in [0.717, 1.165) is 16.9 Å². The molecule has 0 bridgehead atoms. The minimum atomic E-state index is -0.543. The van der Waals surface area contributed by atoms with Gasteiger partial charge in [-0.2, -0.15) is 0 Å². The maximum absolute atomic E-state index is 12.6. The predicted octanol–water partition coefficient (Wildman–Crippen LogP) is 3.40. The van der Waals surface area contributed by atoms with Gasteiger partial charge in [-0.1, -0.05) is 42.5 Å². The maximum atomic E-state index is 12.6. The van der Waals surface area contributed by atoms with E-state index in [1.807, 2.05) is 54.6 Å².